The fraction of sp³-hybridized carbons (Fsp3) is 0.938. The summed E-state index contributed by atoms with van der Waals surface area (Å²) in [6.45, 7) is 8.41. The summed E-state index contributed by atoms with van der Waals surface area (Å²) in [5.74, 6) is 0.555. The Balaban J connectivity index is 2.50. The molecule has 1 fully saturated rings. The second-order valence-electron chi connectivity index (χ2n) is 7.11. The number of amides is 1. The summed E-state index contributed by atoms with van der Waals surface area (Å²) in [5.41, 5.74) is -0.625. The molecule has 0 heterocycles. The van der Waals surface area contributed by atoms with Crippen molar-refractivity contribution in [1.82, 2.24) is 5.32 Å². The Kier molecular flexibility index (Phi) is 6.31. The Morgan fingerprint density at radius 1 is 1.30 bits per heavy atom. The van der Waals surface area contributed by atoms with E-state index < -0.39 is 5.60 Å². The smallest absolute Gasteiger partial charge is 0.407 e. The largest absolute Gasteiger partial charge is 0.444 e. The molecule has 0 aromatic rings. The lowest BCUT2D eigenvalue weighted by atomic mass is 9.78. The zero-order chi connectivity index (χ0) is 15.2. The van der Waals surface area contributed by atoms with E-state index in [4.69, 9.17) is 4.74 Å². The topological polar surface area (TPSA) is 58.6 Å². The number of alkyl carbamates (subject to hydrolysis) is 1. The highest BCUT2D eigenvalue weighted by atomic mass is 16.6. The number of hydrogen-bond donors (Lipinski definition) is 2. The van der Waals surface area contributed by atoms with Crippen molar-refractivity contribution in [1.29, 1.82) is 0 Å². The zero-order valence-electron chi connectivity index (χ0n) is 13.5. The highest BCUT2D eigenvalue weighted by Crippen LogP contribution is 2.48. The normalized spacial score (nSPS) is 18.4. The van der Waals surface area contributed by atoms with Gasteiger partial charge < -0.3 is 15.2 Å². The van der Waals surface area contributed by atoms with Gasteiger partial charge in [-0.2, -0.15) is 0 Å². The first kappa shape index (κ1) is 17.3. The number of rotatable bonds is 8. The summed E-state index contributed by atoms with van der Waals surface area (Å²) in [5, 5.41) is 12.7. The lowest BCUT2D eigenvalue weighted by molar-refractivity contribution is 0.0420. The quantitative estimate of drug-likeness (QED) is 0.671. The molecule has 0 radical (unpaired) electrons. The molecule has 1 unspecified atom stereocenters. The number of aliphatic hydroxyl groups excluding tert-OH is 1. The molecule has 4 nitrogen and oxygen atoms in total. The maximum atomic E-state index is 11.8. The molecule has 0 aliphatic heterocycles. The van der Waals surface area contributed by atoms with Gasteiger partial charge in [0.05, 0.1) is 6.61 Å². The van der Waals surface area contributed by atoms with Crippen LogP contribution in [0.3, 0.4) is 0 Å². The highest BCUT2D eigenvalue weighted by molar-refractivity contribution is 5.67. The molecule has 2 N–H and O–H groups in total. The van der Waals surface area contributed by atoms with E-state index in [0.717, 1.165) is 12.8 Å². The third-order valence-electron chi connectivity index (χ3n) is 4.02. The summed E-state index contributed by atoms with van der Waals surface area (Å²) in [4.78, 5) is 11.8. The molecule has 0 aromatic carbocycles. The van der Waals surface area contributed by atoms with Crippen molar-refractivity contribution < 1.29 is 14.6 Å². The van der Waals surface area contributed by atoms with Crippen LogP contribution in [0.5, 0.6) is 0 Å². The standard InChI is InChI=1S/C16H31NO3/c1-5-6-7-10-16(12-18,13-8-9-13)11-17-14(19)20-15(2,3)4/h13,18H,5-12H2,1-4H3,(H,17,19). The van der Waals surface area contributed by atoms with E-state index >= 15 is 0 Å². The molecule has 1 atom stereocenters. The van der Waals surface area contributed by atoms with Crippen molar-refractivity contribution in [3.05, 3.63) is 0 Å². The molecule has 1 aliphatic carbocycles. The Hall–Kier alpha value is -0.770. The molecular weight excluding hydrogens is 254 g/mol. The van der Waals surface area contributed by atoms with Gasteiger partial charge in [-0.1, -0.05) is 26.2 Å². The van der Waals surface area contributed by atoms with Crippen molar-refractivity contribution in [2.45, 2.75) is 71.8 Å². The predicted octanol–water partition coefficient (Wildman–Crippen LogP) is 3.48. The second-order valence-corrected chi connectivity index (χ2v) is 7.11. The maximum Gasteiger partial charge on any atom is 0.407 e. The van der Waals surface area contributed by atoms with Gasteiger partial charge in [0.25, 0.3) is 0 Å². The van der Waals surface area contributed by atoms with Crippen LogP contribution in [0.15, 0.2) is 0 Å². The Bertz CT molecular complexity index is 307. The molecule has 0 saturated heterocycles. The van der Waals surface area contributed by atoms with Gasteiger partial charge in [0.1, 0.15) is 5.60 Å². The van der Waals surface area contributed by atoms with E-state index in [2.05, 4.69) is 12.2 Å². The van der Waals surface area contributed by atoms with E-state index in [1.54, 1.807) is 0 Å². The first-order chi connectivity index (χ1) is 9.33. The molecule has 0 aromatic heterocycles. The van der Waals surface area contributed by atoms with Crippen LogP contribution >= 0.6 is 0 Å². The Morgan fingerprint density at radius 2 is 1.95 bits per heavy atom. The zero-order valence-corrected chi connectivity index (χ0v) is 13.5. The minimum absolute atomic E-state index is 0.147. The number of carbonyl (C=O) groups excluding carboxylic acids is 1. The Labute approximate surface area is 123 Å². The molecule has 1 rings (SSSR count). The van der Waals surface area contributed by atoms with Crippen LogP contribution in [0.4, 0.5) is 4.79 Å². The second kappa shape index (κ2) is 7.30. The molecule has 20 heavy (non-hydrogen) atoms. The van der Waals surface area contributed by atoms with E-state index in [-0.39, 0.29) is 18.1 Å². The van der Waals surface area contributed by atoms with Gasteiger partial charge in [-0.25, -0.2) is 4.79 Å². The lowest BCUT2D eigenvalue weighted by Gasteiger charge is -2.33. The summed E-state index contributed by atoms with van der Waals surface area (Å²) >= 11 is 0. The van der Waals surface area contributed by atoms with Gasteiger partial charge in [0.2, 0.25) is 0 Å². The number of nitrogens with one attached hydrogen (secondary N) is 1. The minimum atomic E-state index is -0.478. The van der Waals surface area contributed by atoms with Crippen LogP contribution in [0.1, 0.15) is 66.2 Å². The average molecular weight is 285 g/mol. The van der Waals surface area contributed by atoms with Crippen LogP contribution in [0.25, 0.3) is 0 Å². The molecule has 0 bridgehead atoms. The Morgan fingerprint density at radius 3 is 2.40 bits per heavy atom. The predicted molar refractivity (Wildman–Crippen MR) is 80.6 cm³/mol. The van der Waals surface area contributed by atoms with Crippen LogP contribution in [-0.2, 0) is 4.74 Å². The summed E-state index contributed by atoms with van der Waals surface area (Å²) in [6.07, 6.45) is 6.41. The van der Waals surface area contributed by atoms with Crippen LogP contribution < -0.4 is 5.32 Å². The van der Waals surface area contributed by atoms with E-state index in [9.17, 15) is 9.90 Å². The van der Waals surface area contributed by atoms with Gasteiger partial charge in [0, 0.05) is 12.0 Å². The summed E-state index contributed by atoms with van der Waals surface area (Å²) < 4.78 is 5.27. The molecule has 4 heteroatoms. The van der Waals surface area contributed by atoms with E-state index in [0.29, 0.717) is 12.5 Å². The molecule has 1 aliphatic rings. The van der Waals surface area contributed by atoms with Gasteiger partial charge in [-0.05, 0) is 46.0 Å². The monoisotopic (exact) mass is 285 g/mol. The fourth-order valence-corrected chi connectivity index (χ4v) is 2.69. The van der Waals surface area contributed by atoms with Crippen molar-refractivity contribution >= 4 is 6.09 Å². The van der Waals surface area contributed by atoms with Crippen LogP contribution in [-0.4, -0.2) is 30.0 Å². The number of ether oxygens (including phenoxy) is 1. The van der Waals surface area contributed by atoms with Crippen molar-refractivity contribution in [2.24, 2.45) is 11.3 Å². The SMILES string of the molecule is CCCCCC(CO)(CNC(=O)OC(C)(C)C)C1CC1. The minimum Gasteiger partial charge on any atom is -0.444 e. The number of unbranched alkanes of at least 4 members (excludes halogenated alkanes) is 2. The molecule has 1 amide bonds. The maximum absolute atomic E-state index is 11.8. The molecular formula is C16H31NO3. The molecule has 0 spiro atoms. The molecule has 118 valence electrons. The number of carbonyl (C=O) groups is 1. The average Bonchev–Trinajstić information content (AvgIpc) is 3.16. The third-order valence-corrected chi connectivity index (χ3v) is 4.02. The van der Waals surface area contributed by atoms with Gasteiger partial charge in [0.15, 0.2) is 0 Å². The van der Waals surface area contributed by atoms with Crippen molar-refractivity contribution in [2.75, 3.05) is 13.2 Å². The van der Waals surface area contributed by atoms with Gasteiger partial charge >= 0.3 is 6.09 Å². The number of aliphatic hydroxyl groups is 1. The third kappa shape index (κ3) is 5.70. The van der Waals surface area contributed by atoms with Crippen LogP contribution in [0.2, 0.25) is 0 Å². The lowest BCUT2D eigenvalue weighted by Crippen LogP contribution is -2.43. The number of hydrogen-bond acceptors (Lipinski definition) is 3. The highest BCUT2D eigenvalue weighted by Gasteiger charge is 2.44. The van der Waals surface area contributed by atoms with Gasteiger partial charge in [-0.3, -0.25) is 0 Å². The molecule has 1 saturated carbocycles. The fourth-order valence-electron chi connectivity index (χ4n) is 2.69. The van der Waals surface area contributed by atoms with Gasteiger partial charge in [-0.15, -0.1) is 0 Å². The summed E-state index contributed by atoms with van der Waals surface area (Å²) in [7, 11) is 0. The van der Waals surface area contributed by atoms with E-state index in [1.165, 1.54) is 25.7 Å². The van der Waals surface area contributed by atoms with Crippen LogP contribution in [0, 0.1) is 11.3 Å². The van der Waals surface area contributed by atoms with Crippen molar-refractivity contribution in [3.63, 3.8) is 0 Å². The van der Waals surface area contributed by atoms with Crippen molar-refractivity contribution in [3.8, 4) is 0 Å². The van der Waals surface area contributed by atoms with E-state index in [1.807, 2.05) is 20.8 Å². The first-order valence-corrected chi connectivity index (χ1v) is 7.91. The summed E-state index contributed by atoms with van der Waals surface area (Å²) in [6, 6.07) is 0. The first-order valence-electron chi connectivity index (χ1n) is 7.91.